The SMILES string of the molecule is COC(=O)CN.O=C(O)CN(CC(=O)CCc1cnc[nH]1)Cc1ccc(F)cc1. The number of esters is 1. The number of H-pyrrole nitrogens is 1. The molecule has 4 N–H and O–H groups in total. The van der Waals surface area contributed by atoms with Gasteiger partial charge in [-0.3, -0.25) is 19.3 Å². The fourth-order valence-electron chi connectivity index (χ4n) is 2.31. The first-order valence-electron chi connectivity index (χ1n) is 8.78. The molecule has 0 unspecified atom stereocenters. The van der Waals surface area contributed by atoms with Gasteiger partial charge in [0.1, 0.15) is 11.6 Å². The molecule has 0 spiro atoms. The van der Waals surface area contributed by atoms with E-state index in [-0.39, 0.29) is 43.7 Å². The summed E-state index contributed by atoms with van der Waals surface area (Å²) in [6, 6.07) is 5.79. The number of halogens is 1. The first-order chi connectivity index (χ1) is 13.8. The van der Waals surface area contributed by atoms with E-state index in [9.17, 15) is 18.8 Å². The maximum atomic E-state index is 12.9. The number of aromatic amines is 1. The number of ether oxygens (including phenoxy) is 1. The van der Waals surface area contributed by atoms with Crippen LogP contribution in [0.1, 0.15) is 17.7 Å². The molecule has 158 valence electrons. The highest BCUT2D eigenvalue weighted by molar-refractivity contribution is 5.81. The Morgan fingerprint density at radius 3 is 2.41 bits per heavy atom. The van der Waals surface area contributed by atoms with Gasteiger partial charge < -0.3 is 20.6 Å². The van der Waals surface area contributed by atoms with Crippen LogP contribution < -0.4 is 5.73 Å². The Morgan fingerprint density at radius 2 is 1.93 bits per heavy atom. The van der Waals surface area contributed by atoms with Crippen LogP contribution in [-0.4, -0.2) is 64.4 Å². The first-order valence-corrected chi connectivity index (χ1v) is 8.78. The van der Waals surface area contributed by atoms with Crippen molar-refractivity contribution in [2.75, 3.05) is 26.7 Å². The minimum absolute atomic E-state index is 0.0312. The third kappa shape index (κ3) is 10.7. The first kappa shape index (κ1) is 23.9. The van der Waals surface area contributed by atoms with Crippen molar-refractivity contribution in [1.82, 2.24) is 14.9 Å². The zero-order valence-electron chi connectivity index (χ0n) is 16.1. The third-order valence-corrected chi connectivity index (χ3v) is 3.70. The monoisotopic (exact) mass is 408 g/mol. The quantitative estimate of drug-likeness (QED) is 0.490. The number of hydrogen-bond acceptors (Lipinski definition) is 7. The molecule has 0 saturated heterocycles. The molecule has 0 amide bonds. The molecule has 2 aromatic rings. The van der Waals surface area contributed by atoms with Crippen molar-refractivity contribution >= 4 is 17.7 Å². The van der Waals surface area contributed by atoms with Crippen molar-refractivity contribution < 1.29 is 28.6 Å². The van der Waals surface area contributed by atoms with Gasteiger partial charge >= 0.3 is 11.9 Å². The average Bonchev–Trinajstić information content (AvgIpc) is 3.21. The van der Waals surface area contributed by atoms with Crippen LogP contribution in [0, 0.1) is 5.82 Å². The van der Waals surface area contributed by atoms with Crippen molar-refractivity contribution in [2.45, 2.75) is 19.4 Å². The van der Waals surface area contributed by atoms with Crippen molar-refractivity contribution in [3.8, 4) is 0 Å². The molecule has 1 aromatic carbocycles. The topological polar surface area (TPSA) is 139 Å². The number of nitrogens with one attached hydrogen (secondary N) is 1. The Morgan fingerprint density at radius 1 is 1.24 bits per heavy atom. The summed E-state index contributed by atoms with van der Waals surface area (Å²) in [5.41, 5.74) is 6.43. The molecule has 9 nitrogen and oxygen atoms in total. The summed E-state index contributed by atoms with van der Waals surface area (Å²) in [5.74, 6) is -1.79. The molecule has 0 atom stereocenters. The zero-order chi connectivity index (χ0) is 21.6. The highest BCUT2D eigenvalue weighted by Crippen LogP contribution is 2.08. The summed E-state index contributed by atoms with van der Waals surface area (Å²) in [6.07, 6.45) is 4.05. The number of imidazole rings is 1. The number of aliphatic carboxylic acids is 1. The van der Waals surface area contributed by atoms with Gasteiger partial charge in [0.25, 0.3) is 0 Å². The van der Waals surface area contributed by atoms with Crippen LogP contribution in [0.5, 0.6) is 0 Å². The molecular formula is C19H25FN4O5. The number of benzene rings is 1. The highest BCUT2D eigenvalue weighted by Gasteiger charge is 2.15. The number of hydrogen-bond donors (Lipinski definition) is 3. The number of carboxylic acids is 1. The number of carboxylic acid groups (broad SMARTS) is 1. The predicted octanol–water partition coefficient (Wildman–Crippen LogP) is 0.755. The molecule has 29 heavy (non-hydrogen) atoms. The van der Waals surface area contributed by atoms with E-state index in [0.29, 0.717) is 12.8 Å². The number of Topliss-reactive ketones (excluding diaryl/α,β-unsaturated/α-hetero) is 1. The molecular weight excluding hydrogens is 383 g/mol. The Balaban J connectivity index is 0.000000612. The molecule has 0 saturated carbocycles. The molecule has 0 fully saturated rings. The van der Waals surface area contributed by atoms with Gasteiger partial charge in [-0.05, 0) is 24.1 Å². The smallest absolute Gasteiger partial charge is 0.319 e. The van der Waals surface area contributed by atoms with Gasteiger partial charge in [0.05, 0.1) is 33.1 Å². The van der Waals surface area contributed by atoms with Gasteiger partial charge in [0, 0.05) is 24.9 Å². The average molecular weight is 408 g/mol. The number of nitrogens with two attached hydrogens (primary N) is 1. The van der Waals surface area contributed by atoms with Crippen molar-refractivity contribution in [3.05, 3.63) is 53.9 Å². The van der Waals surface area contributed by atoms with Gasteiger partial charge in [-0.1, -0.05) is 12.1 Å². The lowest BCUT2D eigenvalue weighted by molar-refractivity contribution is -0.139. The summed E-state index contributed by atoms with van der Waals surface area (Å²) in [4.78, 5) is 41.2. The van der Waals surface area contributed by atoms with Gasteiger partial charge in [0.15, 0.2) is 0 Å². The van der Waals surface area contributed by atoms with E-state index in [1.54, 1.807) is 24.7 Å². The number of aryl methyl sites for hydroxylation is 1. The van der Waals surface area contributed by atoms with E-state index in [4.69, 9.17) is 10.8 Å². The van der Waals surface area contributed by atoms with E-state index in [0.717, 1.165) is 11.3 Å². The molecule has 2 rings (SSSR count). The Kier molecular flexibility index (Phi) is 10.8. The maximum absolute atomic E-state index is 12.9. The van der Waals surface area contributed by atoms with E-state index in [2.05, 4.69) is 14.7 Å². The van der Waals surface area contributed by atoms with Gasteiger partial charge in [-0.25, -0.2) is 9.37 Å². The van der Waals surface area contributed by atoms with Gasteiger partial charge in [0.2, 0.25) is 0 Å². The van der Waals surface area contributed by atoms with Crippen LogP contribution in [0.4, 0.5) is 4.39 Å². The molecule has 0 aliphatic heterocycles. The fourth-order valence-corrected chi connectivity index (χ4v) is 2.31. The van der Waals surface area contributed by atoms with Crippen molar-refractivity contribution in [3.63, 3.8) is 0 Å². The van der Waals surface area contributed by atoms with Crippen LogP contribution in [0.25, 0.3) is 0 Å². The van der Waals surface area contributed by atoms with Crippen LogP contribution >= 0.6 is 0 Å². The lowest BCUT2D eigenvalue weighted by Crippen LogP contribution is -2.34. The minimum Gasteiger partial charge on any atom is -0.480 e. The van der Waals surface area contributed by atoms with Crippen molar-refractivity contribution in [2.24, 2.45) is 5.73 Å². The Hall–Kier alpha value is -3.11. The zero-order valence-corrected chi connectivity index (χ0v) is 16.1. The molecule has 0 aliphatic rings. The lowest BCUT2D eigenvalue weighted by atomic mass is 10.1. The number of rotatable bonds is 10. The summed E-state index contributed by atoms with van der Waals surface area (Å²) in [7, 11) is 1.30. The van der Waals surface area contributed by atoms with E-state index >= 15 is 0 Å². The molecule has 0 radical (unpaired) electrons. The molecule has 0 bridgehead atoms. The van der Waals surface area contributed by atoms with Crippen LogP contribution in [0.2, 0.25) is 0 Å². The van der Waals surface area contributed by atoms with Crippen molar-refractivity contribution in [1.29, 1.82) is 0 Å². The maximum Gasteiger partial charge on any atom is 0.319 e. The summed E-state index contributed by atoms with van der Waals surface area (Å²) >= 11 is 0. The van der Waals surface area contributed by atoms with Crippen LogP contribution in [0.3, 0.4) is 0 Å². The van der Waals surface area contributed by atoms with Gasteiger partial charge in [-0.2, -0.15) is 0 Å². The Labute approximate surface area is 167 Å². The molecule has 0 aliphatic carbocycles. The standard InChI is InChI=1S/C16H18FN3O3.C3H7NO2/c17-13-3-1-12(2-4-13)8-20(10-16(22)23)9-15(21)6-5-14-7-18-11-19-14;1-6-3(5)2-4/h1-4,7,11H,5-6,8-10H2,(H,18,19)(H,22,23);2,4H2,1H3. The Bertz CT molecular complexity index is 759. The van der Waals surface area contributed by atoms with Crippen LogP contribution in [-0.2, 0) is 32.1 Å². The number of ketones is 1. The lowest BCUT2D eigenvalue weighted by Gasteiger charge is -2.19. The fraction of sp³-hybridized carbons (Fsp3) is 0.368. The molecule has 1 aromatic heterocycles. The molecule has 10 heteroatoms. The second-order valence-corrected chi connectivity index (χ2v) is 6.06. The van der Waals surface area contributed by atoms with E-state index < -0.39 is 5.97 Å². The summed E-state index contributed by atoms with van der Waals surface area (Å²) < 4.78 is 17.0. The van der Waals surface area contributed by atoms with E-state index in [1.807, 2.05) is 0 Å². The normalized spacial score (nSPS) is 10.2. The highest BCUT2D eigenvalue weighted by atomic mass is 19.1. The second-order valence-electron chi connectivity index (χ2n) is 6.06. The second kappa shape index (κ2) is 13.1. The number of carbonyl (C=O) groups excluding carboxylic acids is 2. The molecule has 1 heterocycles. The minimum atomic E-state index is -1.01. The van der Waals surface area contributed by atoms with Gasteiger partial charge in [-0.15, -0.1) is 0 Å². The predicted molar refractivity (Wildman–Crippen MR) is 102 cm³/mol. The van der Waals surface area contributed by atoms with E-state index in [1.165, 1.54) is 24.1 Å². The third-order valence-electron chi connectivity index (χ3n) is 3.70. The summed E-state index contributed by atoms with van der Waals surface area (Å²) in [5, 5.41) is 8.97. The number of carbonyl (C=O) groups is 3. The number of nitrogens with zero attached hydrogens (tertiary/aromatic N) is 2. The number of methoxy groups -OCH3 is 1. The van der Waals surface area contributed by atoms with Crippen LogP contribution in [0.15, 0.2) is 36.8 Å². The number of aromatic nitrogens is 2. The summed E-state index contributed by atoms with van der Waals surface area (Å²) in [6.45, 7) is 0.0455. The largest absolute Gasteiger partial charge is 0.480 e.